The zero-order valence-electron chi connectivity index (χ0n) is 13.0. The van der Waals surface area contributed by atoms with Gasteiger partial charge in [0.25, 0.3) is 0 Å². The van der Waals surface area contributed by atoms with Gasteiger partial charge in [-0.1, -0.05) is 22.0 Å². The SMILES string of the molecule is Cc1nn(C(C)C)c(C)c1NC(C)c1ccc(Br)cc1F. The monoisotopic (exact) mass is 353 g/mol. The maximum atomic E-state index is 14.0. The molecule has 2 aromatic rings. The van der Waals surface area contributed by atoms with Crippen molar-refractivity contribution in [3.05, 3.63) is 45.4 Å². The molecule has 0 bridgehead atoms. The number of anilines is 1. The predicted octanol–water partition coefficient (Wildman–Crippen LogP) is 5.16. The molecule has 0 aliphatic carbocycles. The minimum Gasteiger partial charge on any atom is -0.375 e. The van der Waals surface area contributed by atoms with Crippen LogP contribution in [0.2, 0.25) is 0 Å². The molecule has 0 radical (unpaired) electrons. The number of benzene rings is 1. The van der Waals surface area contributed by atoms with Gasteiger partial charge in [-0.25, -0.2) is 4.39 Å². The first-order chi connectivity index (χ1) is 9.81. The molecule has 0 amide bonds. The highest BCUT2D eigenvalue weighted by molar-refractivity contribution is 9.10. The first kappa shape index (κ1) is 16.0. The van der Waals surface area contributed by atoms with E-state index in [1.165, 1.54) is 6.07 Å². The highest BCUT2D eigenvalue weighted by atomic mass is 79.9. The Morgan fingerprint density at radius 1 is 1.24 bits per heavy atom. The van der Waals surface area contributed by atoms with Gasteiger partial charge >= 0.3 is 0 Å². The van der Waals surface area contributed by atoms with E-state index in [4.69, 9.17) is 0 Å². The average Bonchev–Trinajstić information content (AvgIpc) is 2.66. The Balaban J connectivity index is 2.29. The van der Waals surface area contributed by atoms with Crippen LogP contribution in [0, 0.1) is 19.7 Å². The van der Waals surface area contributed by atoms with Crippen molar-refractivity contribution >= 4 is 21.6 Å². The van der Waals surface area contributed by atoms with Crippen LogP contribution >= 0.6 is 15.9 Å². The van der Waals surface area contributed by atoms with Crippen LogP contribution in [0.15, 0.2) is 22.7 Å². The Morgan fingerprint density at radius 3 is 2.43 bits per heavy atom. The highest BCUT2D eigenvalue weighted by Gasteiger charge is 2.17. The van der Waals surface area contributed by atoms with Crippen molar-refractivity contribution in [3.8, 4) is 0 Å². The normalized spacial score (nSPS) is 12.8. The Labute approximate surface area is 133 Å². The third-order valence-corrected chi connectivity index (χ3v) is 4.10. The second-order valence-electron chi connectivity index (χ2n) is 5.62. The summed E-state index contributed by atoms with van der Waals surface area (Å²) in [5.74, 6) is -0.212. The molecule has 114 valence electrons. The van der Waals surface area contributed by atoms with Gasteiger partial charge < -0.3 is 5.32 Å². The minimum absolute atomic E-state index is 0.125. The van der Waals surface area contributed by atoms with Gasteiger partial charge in [-0.05, 0) is 46.8 Å². The Hall–Kier alpha value is -1.36. The van der Waals surface area contributed by atoms with Crippen LogP contribution in [0.3, 0.4) is 0 Å². The maximum Gasteiger partial charge on any atom is 0.129 e. The molecule has 1 atom stereocenters. The first-order valence-corrected chi connectivity index (χ1v) is 7.87. The van der Waals surface area contributed by atoms with E-state index in [0.29, 0.717) is 11.6 Å². The van der Waals surface area contributed by atoms with E-state index in [1.54, 1.807) is 6.07 Å². The summed E-state index contributed by atoms with van der Waals surface area (Å²) in [6.07, 6.45) is 0. The molecule has 21 heavy (non-hydrogen) atoms. The van der Waals surface area contributed by atoms with Crippen LogP contribution in [0.25, 0.3) is 0 Å². The number of aromatic nitrogens is 2. The molecule has 3 nitrogen and oxygen atoms in total. The zero-order valence-corrected chi connectivity index (χ0v) is 14.6. The standard InChI is InChI=1S/C16H21BrFN3/c1-9(2)21-12(5)16(11(4)20-21)19-10(3)14-7-6-13(17)8-15(14)18/h6-10,19H,1-5H3. The van der Waals surface area contributed by atoms with Gasteiger partial charge in [0.05, 0.1) is 23.1 Å². The summed E-state index contributed by atoms with van der Waals surface area (Å²) in [5.41, 5.74) is 3.64. The molecule has 0 aliphatic heterocycles. The summed E-state index contributed by atoms with van der Waals surface area (Å²) >= 11 is 3.28. The lowest BCUT2D eigenvalue weighted by Crippen LogP contribution is -2.10. The van der Waals surface area contributed by atoms with Crippen molar-refractivity contribution in [2.24, 2.45) is 0 Å². The molecule has 1 aromatic heterocycles. The Bertz CT molecular complexity index is 649. The van der Waals surface area contributed by atoms with Gasteiger partial charge in [-0.15, -0.1) is 0 Å². The van der Waals surface area contributed by atoms with E-state index in [9.17, 15) is 4.39 Å². The van der Waals surface area contributed by atoms with Crippen molar-refractivity contribution in [2.45, 2.75) is 46.7 Å². The van der Waals surface area contributed by atoms with Gasteiger partial charge in [0.15, 0.2) is 0 Å². The smallest absolute Gasteiger partial charge is 0.129 e. The van der Waals surface area contributed by atoms with Crippen molar-refractivity contribution < 1.29 is 4.39 Å². The molecule has 0 saturated carbocycles. The fraction of sp³-hybridized carbons (Fsp3) is 0.438. The van der Waals surface area contributed by atoms with Crippen molar-refractivity contribution in [2.75, 3.05) is 5.32 Å². The van der Waals surface area contributed by atoms with Gasteiger partial charge in [0.2, 0.25) is 0 Å². The van der Waals surface area contributed by atoms with Crippen LogP contribution < -0.4 is 5.32 Å². The zero-order chi connectivity index (χ0) is 15.7. The molecule has 1 aromatic carbocycles. The molecular weight excluding hydrogens is 333 g/mol. The van der Waals surface area contributed by atoms with Crippen LogP contribution in [0.4, 0.5) is 10.1 Å². The van der Waals surface area contributed by atoms with Gasteiger partial charge in [-0.3, -0.25) is 4.68 Å². The number of aryl methyl sites for hydroxylation is 1. The van der Waals surface area contributed by atoms with E-state index in [2.05, 4.69) is 40.2 Å². The fourth-order valence-corrected chi connectivity index (χ4v) is 2.85. The van der Waals surface area contributed by atoms with Crippen LogP contribution in [-0.2, 0) is 0 Å². The lowest BCUT2D eigenvalue weighted by atomic mass is 10.1. The lowest BCUT2D eigenvalue weighted by molar-refractivity contribution is 0.516. The molecule has 1 unspecified atom stereocenters. The minimum atomic E-state index is -0.212. The van der Waals surface area contributed by atoms with E-state index < -0.39 is 0 Å². The Kier molecular flexibility index (Phi) is 4.71. The van der Waals surface area contributed by atoms with Gasteiger partial charge in [0.1, 0.15) is 5.82 Å². The number of hydrogen-bond donors (Lipinski definition) is 1. The topological polar surface area (TPSA) is 29.9 Å². The number of rotatable bonds is 4. The molecule has 2 rings (SSSR count). The molecule has 5 heteroatoms. The summed E-state index contributed by atoms with van der Waals surface area (Å²) in [4.78, 5) is 0. The molecule has 0 saturated heterocycles. The van der Waals surface area contributed by atoms with Crippen molar-refractivity contribution in [1.29, 1.82) is 0 Å². The van der Waals surface area contributed by atoms with Gasteiger partial charge in [-0.2, -0.15) is 5.10 Å². The fourth-order valence-electron chi connectivity index (χ4n) is 2.52. The van der Waals surface area contributed by atoms with Crippen molar-refractivity contribution in [1.82, 2.24) is 9.78 Å². The molecular formula is C16H21BrFN3. The summed E-state index contributed by atoms with van der Waals surface area (Å²) in [5, 5.41) is 7.94. The summed E-state index contributed by atoms with van der Waals surface area (Å²) < 4.78 is 16.8. The van der Waals surface area contributed by atoms with E-state index in [0.717, 1.165) is 21.5 Å². The third kappa shape index (κ3) is 3.28. The number of hydrogen-bond acceptors (Lipinski definition) is 2. The van der Waals surface area contributed by atoms with Crippen LogP contribution in [0.1, 0.15) is 49.8 Å². The summed E-state index contributed by atoms with van der Waals surface area (Å²) in [6, 6.07) is 5.33. The molecule has 0 spiro atoms. The number of nitrogens with one attached hydrogen (secondary N) is 1. The second-order valence-corrected chi connectivity index (χ2v) is 6.53. The predicted molar refractivity (Wildman–Crippen MR) is 88.2 cm³/mol. The Morgan fingerprint density at radius 2 is 1.90 bits per heavy atom. The van der Waals surface area contributed by atoms with E-state index >= 15 is 0 Å². The first-order valence-electron chi connectivity index (χ1n) is 7.08. The van der Waals surface area contributed by atoms with Crippen LogP contribution in [0.5, 0.6) is 0 Å². The average molecular weight is 354 g/mol. The largest absolute Gasteiger partial charge is 0.375 e. The third-order valence-electron chi connectivity index (χ3n) is 3.60. The quantitative estimate of drug-likeness (QED) is 0.822. The molecule has 1 N–H and O–H groups in total. The maximum absolute atomic E-state index is 14.0. The van der Waals surface area contributed by atoms with Crippen molar-refractivity contribution in [3.63, 3.8) is 0 Å². The molecule has 1 heterocycles. The van der Waals surface area contributed by atoms with Gasteiger partial charge in [0, 0.05) is 16.1 Å². The lowest BCUT2D eigenvalue weighted by Gasteiger charge is -2.17. The van der Waals surface area contributed by atoms with Crippen LogP contribution in [-0.4, -0.2) is 9.78 Å². The molecule has 0 aliphatic rings. The number of nitrogens with zero attached hydrogens (tertiary/aromatic N) is 2. The number of halogens is 2. The van der Waals surface area contributed by atoms with E-state index in [-0.39, 0.29) is 11.9 Å². The summed E-state index contributed by atoms with van der Waals surface area (Å²) in [7, 11) is 0. The molecule has 0 fully saturated rings. The highest BCUT2D eigenvalue weighted by Crippen LogP contribution is 2.28. The summed E-state index contributed by atoms with van der Waals surface area (Å²) in [6.45, 7) is 10.2. The second kappa shape index (κ2) is 6.18. The van der Waals surface area contributed by atoms with E-state index in [1.807, 2.05) is 31.5 Å².